The van der Waals surface area contributed by atoms with Gasteiger partial charge in [-0.25, -0.2) is 0 Å². The van der Waals surface area contributed by atoms with Crippen molar-refractivity contribution in [1.82, 2.24) is 23.8 Å². The molecule has 1 aromatic carbocycles. The third kappa shape index (κ3) is 5.83. The van der Waals surface area contributed by atoms with E-state index >= 15 is 0 Å². The Balaban J connectivity index is 1.11. The molecule has 0 aliphatic carbocycles. The maximum absolute atomic E-state index is 12.9. The van der Waals surface area contributed by atoms with Crippen molar-refractivity contribution in [3.05, 3.63) is 79.6 Å². The molecule has 5 heterocycles. The molecule has 3 aliphatic heterocycles. The summed E-state index contributed by atoms with van der Waals surface area (Å²) in [6.45, 7) is 7.61. The van der Waals surface area contributed by atoms with Crippen LogP contribution in [0.3, 0.4) is 0 Å². The number of hydrogen-bond acceptors (Lipinski definition) is 9. The predicted octanol–water partition coefficient (Wildman–Crippen LogP) is 2.22. The van der Waals surface area contributed by atoms with Crippen LogP contribution >= 0.6 is 0 Å². The number of hydrogen-bond donors (Lipinski definition) is 1. The van der Waals surface area contributed by atoms with E-state index in [2.05, 4.69) is 20.8 Å². The van der Waals surface area contributed by atoms with Crippen molar-refractivity contribution in [2.75, 3.05) is 60.6 Å². The quantitative estimate of drug-likeness (QED) is 0.394. The Morgan fingerprint density at radius 1 is 0.818 bits per heavy atom. The lowest BCUT2D eigenvalue weighted by molar-refractivity contribution is 0.110. The average molecular weight is 606 g/mol. The first kappa shape index (κ1) is 30.2. The van der Waals surface area contributed by atoms with Gasteiger partial charge in [-0.05, 0) is 24.5 Å². The number of piperazine rings is 1. The van der Waals surface area contributed by atoms with Crippen molar-refractivity contribution in [2.24, 2.45) is 13.0 Å². The topological polar surface area (TPSA) is 102 Å². The highest BCUT2D eigenvalue weighted by Crippen LogP contribution is 2.40. The fraction of sp³-hybridized carbons (Fsp3) is 0.515. The molecule has 1 N–H and O–H groups in total. The first-order valence-corrected chi connectivity index (χ1v) is 15.3. The van der Waals surface area contributed by atoms with Crippen LogP contribution < -0.4 is 25.2 Å². The fourth-order valence-electron chi connectivity index (χ4n) is 7.32. The second-order valence-electron chi connectivity index (χ2n) is 12.3. The predicted molar refractivity (Wildman–Crippen MR) is 167 cm³/mol. The summed E-state index contributed by atoms with van der Waals surface area (Å²) in [7, 11) is 6.81. The van der Waals surface area contributed by atoms with Crippen LogP contribution in [0.4, 0.5) is 0 Å². The van der Waals surface area contributed by atoms with Crippen molar-refractivity contribution >= 4 is 0 Å². The van der Waals surface area contributed by atoms with Crippen LogP contribution in [0.2, 0.25) is 0 Å². The maximum atomic E-state index is 12.9. The number of methoxy groups -OCH3 is 3. The molecule has 2 fully saturated rings. The average Bonchev–Trinajstić information content (AvgIpc) is 3.03. The van der Waals surface area contributed by atoms with E-state index in [-0.39, 0.29) is 16.7 Å². The van der Waals surface area contributed by atoms with Crippen LogP contribution in [0.15, 0.2) is 46.0 Å². The molecule has 6 rings (SSSR count). The first-order valence-electron chi connectivity index (χ1n) is 15.3. The molecule has 11 heteroatoms. The highest BCUT2D eigenvalue weighted by molar-refractivity contribution is 5.55. The number of fused-ring (bicyclic) bond motifs is 4. The summed E-state index contributed by atoms with van der Waals surface area (Å²) in [6.07, 6.45) is 1.09. The summed E-state index contributed by atoms with van der Waals surface area (Å²) in [5.74, 6) is 2.45. The second kappa shape index (κ2) is 12.7. The Kier molecular flexibility index (Phi) is 8.70. The number of nitrogens with zero attached hydrogens (tertiary/aromatic N) is 5. The van der Waals surface area contributed by atoms with Crippen molar-refractivity contribution in [2.45, 2.75) is 38.5 Å². The van der Waals surface area contributed by atoms with Gasteiger partial charge in [0, 0.05) is 107 Å². The number of piperidine rings is 1. The van der Waals surface area contributed by atoms with Crippen molar-refractivity contribution < 1.29 is 19.3 Å². The largest absolute Gasteiger partial charge is 0.503 e. The Morgan fingerprint density at radius 2 is 1.55 bits per heavy atom. The third-order valence-electron chi connectivity index (χ3n) is 9.60. The number of likely N-dealkylation sites (tertiary alicyclic amines) is 1. The molecule has 0 radical (unpaired) electrons. The zero-order valence-electron chi connectivity index (χ0n) is 26.1. The van der Waals surface area contributed by atoms with Gasteiger partial charge in [-0.15, -0.1) is 0 Å². The molecular formula is C33H43N5O6. The zero-order valence-corrected chi connectivity index (χ0v) is 26.1. The third-order valence-corrected chi connectivity index (χ3v) is 9.60. The van der Waals surface area contributed by atoms with Crippen LogP contribution in [0.25, 0.3) is 0 Å². The van der Waals surface area contributed by atoms with Crippen molar-refractivity contribution in [3.8, 4) is 23.0 Å². The number of benzene rings is 1. The van der Waals surface area contributed by atoms with Crippen LogP contribution in [0.5, 0.6) is 23.0 Å². The summed E-state index contributed by atoms with van der Waals surface area (Å²) in [5.41, 5.74) is 3.44. The van der Waals surface area contributed by atoms with Gasteiger partial charge in [0.2, 0.25) is 11.2 Å². The summed E-state index contributed by atoms with van der Waals surface area (Å²) in [5, 5.41) is 10.9. The van der Waals surface area contributed by atoms with Gasteiger partial charge in [-0.3, -0.25) is 24.3 Å². The molecule has 2 atom stereocenters. The van der Waals surface area contributed by atoms with Gasteiger partial charge in [-0.2, -0.15) is 0 Å². The molecule has 11 nitrogen and oxygen atoms in total. The normalized spacial score (nSPS) is 20.7. The number of aromatic nitrogens is 2. The van der Waals surface area contributed by atoms with Crippen LogP contribution in [0, 0.1) is 5.92 Å². The van der Waals surface area contributed by atoms with Gasteiger partial charge in [0.25, 0.3) is 5.56 Å². The molecule has 0 amide bonds. The summed E-state index contributed by atoms with van der Waals surface area (Å²) >= 11 is 0. The first-order chi connectivity index (χ1) is 21.3. The molecule has 3 aromatic rings. The van der Waals surface area contributed by atoms with E-state index < -0.39 is 0 Å². The van der Waals surface area contributed by atoms with Crippen LogP contribution in [-0.2, 0) is 33.2 Å². The van der Waals surface area contributed by atoms with Crippen molar-refractivity contribution in [3.63, 3.8) is 0 Å². The van der Waals surface area contributed by atoms with E-state index in [1.807, 2.05) is 34.4 Å². The maximum Gasteiger partial charge on any atom is 0.250 e. The molecule has 3 aliphatic rings. The number of rotatable bonds is 9. The Bertz CT molecular complexity index is 1630. The highest BCUT2D eigenvalue weighted by atomic mass is 16.5. The lowest BCUT2D eigenvalue weighted by Crippen LogP contribution is -2.47. The molecule has 0 saturated carbocycles. The van der Waals surface area contributed by atoms with Crippen LogP contribution in [0.1, 0.15) is 35.0 Å². The van der Waals surface area contributed by atoms with Crippen molar-refractivity contribution in [1.29, 1.82) is 0 Å². The summed E-state index contributed by atoms with van der Waals surface area (Å²) in [6, 6.07) is 11.1. The van der Waals surface area contributed by atoms with Gasteiger partial charge >= 0.3 is 0 Å². The van der Waals surface area contributed by atoms with Gasteiger partial charge < -0.3 is 28.5 Å². The molecule has 236 valence electrons. The fourth-order valence-corrected chi connectivity index (χ4v) is 7.32. The minimum Gasteiger partial charge on any atom is -0.503 e. The smallest absolute Gasteiger partial charge is 0.250 e. The Labute approximate surface area is 257 Å². The van der Waals surface area contributed by atoms with E-state index in [1.165, 1.54) is 0 Å². The van der Waals surface area contributed by atoms with E-state index in [9.17, 15) is 14.7 Å². The highest BCUT2D eigenvalue weighted by Gasteiger charge is 2.35. The minimum absolute atomic E-state index is 0.0812. The van der Waals surface area contributed by atoms with Gasteiger partial charge in [0.05, 0.1) is 27.0 Å². The Hall–Kier alpha value is -3.80. The zero-order chi connectivity index (χ0) is 31.0. The van der Waals surface area contributed by atoms with Gasteiger partial charge in [-0.1, -0.05) is 12.1 Å². The minimum atomic E-state index is -0.332. The van der Waals surface area contributed by atoms with Gasteiger partial charge in [0.1, 0.15) is 0 Å². The molecular weight excluding hydrogens is 562 g/mol. The SMILES string of the molecule is COc1ccc(CN2CCN(Cc3c(O)c(=O)cc(CN4C[C@@H]5C[C@H](C4)c4cccc(=O)n4C5)n3C)CC2)c(OC)c1OC. The van der Waals surface area contributed by atoms with E-state index in [1.54, 1.807) is 33.5 Å². The number of pyridine rings is 2. The molecule has 2 aromatic heterocycles. The molecule has 2 saturated heterocycles. The van der Waals surface area contributed by atoms with E-state index in [4.69, 9.17) is 14.2 Å². The van der Waals surface area contributed by atoms with Crippen LogP contribution in [-0.4, -0.2) is 89.5 Å². The number of aromatic hydroxyl groups is 1. The van der Waals surface area contributed by atoms with E-state index in [0.717, 1.165) is 69.2 Å². The van der Waals surface area contributed by atoms with E-state index in [0.29, 0.717) is 54.4 Å². The standard InChI is InChI=1S/C33H43N5O6/c1-34-25(20-37-16-22-14-24(19-37)26-6-5-7-30(40)38(26)17-22)15-28(39)31(41)27(34)21-36-12-10-35(11-13-36)18-23-8-9-29(42-2)33(44-4)32(23)43-3/h5-9,15,22,24,41H,10-14,16-21H2,1-4H3/t22-,24+/m0/s1. The number of ether oxygens (including phenoxy) is 3. The second-order valence-corrected chi connectivity index (χ2v) is 12.3. The lowest BCUT2D eigenvalue weighted by Gasteiger charge is -2.43. The molecule has 0 unspecified atom stereocenters. The molecule has 0 spiro atoms. The van der Waals surface area contributed by atoms with Gasteiger partial charge in [0.15, 0.2) is 17.2 Å². The summed E-state index contributed by atoms with van der Waals surface area (Å²) in [4.78, 5) is 32.4. The molecule has 44 heavy (non-hydrogen) atoms. The molecule has 2 bridgehead atoms. The Morgan fingerprint density at radius 3 is 2.25 bits per heavy atom. The summed E-state index contributed by atoms with van der Waals surface area (Å²) < 4.78 is 20.6. The lowest BCUT2D eigenvalue weighted by atomic mass is 9.83. The monoisotopic (exact) mass is 605 g/mol.